The molecule has 0 saturated heterocycles. The zero-order valence-corrected chi connectivity index (χ0v) is 14.0. The monoisotopic (exact) mass is 345 g/mol. The third-order valence-electron chi connectivity index (χ3n) is 4.37. The van der Waals surface area contributed by atoms with Crippen LogP contribution in [0.25, 0.3) is 0 Å². The normalized spacial score (nSPS) is 29.9. The highest BCUT2D eigenvalue weighted by atomic mass is 79.9. The second kappa shape index (κ2) is 6.02. The van der Waals surface area contributed by atoms with E-state index in [1.165, 1.54) is 0 Å². The first-order valence-electron chi connectivity index (χ1n) is 6.84. The second-order valence-electron chi connectivity index (χ2n) is 5.36. The number of benzene rings is 1. The fraction of sp³-hybridized carbons (Fsp3) is 0.600. The summed E-state index contributed by atoms with van der Waals surface area (Å²) in [5, 5.41) is 4.36. The van der Waals surface area contributed by atoms with Crippen LogP contribution in [-0.4, -0.2) is 18.8 Å². The van der Waals surface area contributed by atoms with E-state index in [0.717, 1.165) is 34.6 Å². The lowest BCUT2D eigenvalue weighted by molar-refractivity contribution is -0.109. The van der Waals surface area contributed by atoms with Gasteiger partial charge in [0.15, 0.2) is 0 Å². The third kappa shape index (κ3) is 2.93. The van der Waals surface area contributed by atoms with Crippen LogP contribution in [0.3, 0.4) is 0 Å². The van der Waals surface area contributed by atoms with Crippen LogP contribution in [0, 0.1) is 5.41 Å². The number of nitrogens with one attached hydrogen (secondary N) is 1. The van der Waals surface area contributed by atoms with Crippen molar-refractivity contribution in [1.29, 1.82) is 0 Å². The van der Waals surface area contributed by atoms with Gasteiger partial charge < -0.3 is 10.1 Å². The molecule has 0 spiro atoms. The minimum absolute atomic E-state index is 0.203. The maximum absolute atomic E-state index is 5.97. The van der Waals surface area contributed by atoms with Gasteiger partial charge in [-0.1, -0.05) is 25.4 Å². The minimum Gasteiger partial charge on any atom is -0.381 e. The molecule has 0 amide bonds. The molecule has 1 N–H and O–H groups in total. The van der Waals surface area contributed by atoms with Gasteiger partial charge in [-0.15, -0.1) is 0 Å². The summed E-state index contributed by atoms with van der Waals surface area (Å²) in [5.74, 6) is 0. The van der Waals surface area contributed by atoms with Crippen molar-refractivity contribution in [3.8, 4) is 0 Å². The summed E-state index contributed by atoms with van der Waals surface area (Å²) in [6, 6.07) is 6.31. The molecule has 1 aliphatic carbocycles. The predicted octanol–water partition coefficient (Wildman–Crippen LogP) is 5.11. The summed E-state index contributed by atoms with van der Waals surface area (Å²) >= 11 is 9.53. The molecule has 0 bridgehead atoms. The second-order valence-corrected chi connectivity index (χ2v) is 6.65. The Morgan fingerprint density at radius 1 is 1.47 bits per heavy atom. The van der Waals surface area contributed by atoms with Crippen molar-refractivity contribution in [1.82, 2.24) is 0 Å². The molecule has 4 heteroatoms. The fourth-order valence-electron chi connectivity index (χ4n) is 2.77. The van der Waals surface area contributed by atoms with Crippen molar-refractivity contribution in [3.63, 3.8) is 0 Å². The van der Waals surface area contributed by atoms with E-state index in [2.05, 4.69) is 42.0 Å². The van der Waals surface area contributed by atoms with E-state index in [1.807, 2.05) is 18.2 Å². The Labute approximate surface area is 129 Å². The van der Waals surface area contributed by atoms with Gasteiger partial charge in [0.25, 0.3) is 0 Å². The predicted molar refractivity (Wildman–Crippen MR) is 85.0 cm³/mol. The van der Waals surface area contributed by atoms with Crippen LogP contribution in [0.1, 0.15) is 33.6 Å². The Kier molecular flexibility index (Phi) is 4.80. The maximum Gasteiger partial charge on any atom is 0.0667 e. The van der Waals surface area contributed by atoms with Crippen LogP contribution in [-0.2, 0) is 4.74 Å². The molecule has 19 heavy (non-hydrogen) atoms. The van der Waals surface area contributed by atoms with E-state index in [9.17, 15) is 0 Å². The molecule has 2 rings (SSSR count). The van der Waals surface area contributed by atoms with Crippen molar-refractivity contribution in [2.45, 2.75) is 45.8 Å². The van der Waals surface area contributed by atoms with Crippen molar-refractivity contribution < 1.29 is 4.74 Å². The van der Waals surface area contributed by atoms with Crippen LogP contribution < -0.4 is 5.32 Å². The van der Waals surface area contributed by atoms with Crippen LogP contribution in [0.5, 0.6) is 0 Å². The molecule has 1 saturated carbocycles. The van der Waals surface area contributed by atoms with Crippen molar-refractivity contribution in [2.24, 2.45) is 5.41 Å². The molecule has 3 unspecified atom stereocenters. The van der Waals surface area contributed by atoms with Crippen molar-refractivity contribution in [2.75, 3.05) is 11.9 Å². The summed E-state index contributed by atoms with van der Waals surface area (Å²) in [6.07, 6.45) is 2.54. The topological polar surface area (TPSA) is 21.3 Å². The van der Waals surface area contributed by atoms with Gasteiger partial charge in [-0.3, -0.25) is 0 Å². The zero-order chi connectivity index (χ0) is 14.0. The zero-order valence-electron chi connectivity index (χ0n) is 11.7. The van der Waals surface area contributed by atoms with Crippen LogP contribution >= 0.6 is 27.5 Å². The van der Waals surface area contributed by atoms with Crippen molar-refractivity contribution >= 4 is 33.2 Å². The molecule has 0 heterocycles. The lowest BCUT2D eigenvalue weighted by Gasteiger charge is -2.54. The molecular weight excluding hydrogens is 326 g/mol. The van der Waals surface area contributed by atoms with Gasteiger partial charge in [0, 0.05) is 33.2 Å². The standard InChI is InChI=1S/C15H21BrClNO/c1-4-15(3)13(9-14(15)19-5-2)18-12-7-6-10(17)8-11(12)16/h6-8,13-14,18H,4-5,9H2,1-3H3. The molecular formula is C15H21BrClNO. The molecule has 1 aromatic carbocycles. The van der Waals surface area contributed by atoms with Crippen LogP contribution in [0.2, 0.25) is 5.02 Å². The average Bonchev–Trinajstić information content (AvgIpc) is 2.39. The number of hydrogen-bond donors (Lipinski definition) is 1. The molecule has 0 radical (unpaired) electrons. The van der Waals surface area contributed by atoms with Crippen molar-refractivity contribution in [3.05, 3.63) is 27.7 Å². The first-order valence-corrected chi connectivity index (χ1v) is 8.01. The molecule has 1 aromatic rings. The Balaban J connectivity index is 2.08. The molecule has 106 valence electrons. The summed E-state index contributed by atoms with van der Waals surface area (Å²) < 4.78 is 6.84. The van der Waals surface area contributed by atoms with E-state index in [1.54, 1.807) is 0 Å². The summed E-state index contributed by atoms with van der Waals surface area (Å²) in [4.78, 5) is 0. The minimum atomic E-state index is 0.203. The lowest BCUT2D eigenvalue weighted by Crippen LogP contribution is -2.59. The number of anilines is 1. The highest BCUT2D eigenvalue weighted by Crippen LogP contribution is 2.47. The first kappa shape index (κ1) is 15.1. The number of halogens is 2. The lowest BCUT2D eigenvalue weighted by atomic mass is 9.61. The molecule has 0 aliphatic heterocycles. The Hall–Kier alpha value is -0.250. The van der Waals surface area contributed by atoms with E-state index in [4.69, 9.17) is 16.3 Å². The average molecular weight is 347 g/mol. The summed E-state index contributed by atoms with van der Waals surface area (Å²) in [5.41, 5.74) is 1.30. The molecule has 1 aliphatic rings. The molecule has 0 aromatic heterocycles. The van der Waals surface area contributed by atoms with E-state index in [0.29, 0.717) is 12.1 Å². The smallest absolute Gasteiger partial charge is 0.0667 e. The van der Waals surface area contributed by atoms with Gasteiger partial charge in [-0.25, -0.2) is 0 Å². The Morgan fingerprint density at radius 3 is 2.79 bits per heavy atom. The number of hydrogen-bond acceptors (Lipinski definition) is 2. The fourth-order valence-corrected chi connectivity index (χ4v) is 3.57. The van der Waals surface area contributed by atoms with Crippen LogP contribution in [0.15, 0.2) is 22.7 Å². The van der Waals surface area contributed by atoms with Gasteiger partial charge in [0.2, 0.25) is 0 Å². The van der Waals surface area contributed by atoms with Crippen LogP contribution in [0.4, 0.5) is 5.69 Å². The summed E-state index contributed by atoms with van der Waals surface area (Å²) in [7, 11) is 0. The first-order chi connectivity index (χ1) is 9.01. The number of ether oxygens (including phenoxy) is 1. The highest BCUT2D eigenvalue weighted by molar-refractivity contribution is 9.10. The van der Waals surface area contributed by atoms with Gasteiger partial charge >= 0.3 is 0 Å². The summed E-state index contributed by atoms with van der Waals surface area (Å²) in [6.45, 7) is 7.39. The third-order valence-corrected chi connectivity index (χ3v) is 5.26. The van der Waals surface area contributed by atoms with Gasteiger partial charge in [-0.05, 0) is 53.9 Å². The van der Waals surface area contributed by atoms with Gasteiger partial charge in [0.05, 0.1) is 6.10 Å². The van der Waals surface area contributed by atoms with E-state index >= 15 is 0 Å². The van der Waals surface area contributed by atoms with E-state index in [-0.39, 0.29) is 5.41 Å². The quantitative estimate of drug-likeness (QED) is 0.800. The van der Waals surface area contributed by atoms with E-state index < -0.39 is 0 Å². The SMILES string of the molecule is CCOC1CC(Nc2ccc(Cl)cc2Br)C1(C)CC. The Morgan fingerprint density at radius 2 is 2.21 bits per heavy atom. The van der Waals surface area contributed by atoms with Gasteiger partial charge in [0.1, 0.15) is 0 Å². The molecule has 1 fully saturated rings. The molecule has 3 atom stereocenters. The highest BCUT2D eigenvalue weighted by Gasteiger charge is 2.51. The van der Waals surface area contributed by atoms with Gasteiger partial charge in [-0.2, -0.15) is 0 Å². The maximum atomic E-state index is 5.97. The Bertz CT molecular complexity index is 454. The largest absolute Gasteiger partial charge is 0.381 e. The number of rotatable bonds is 5. The molecule has 2 nitrogen and oxygen atoms in total.